The lowest BCUT2D eigenvalue weighted by molar-refractivity contribution is -0.0686. The second-order valence-corrected chi connectivity index (χ2v) is 6.75. The number of allylic oxidation sites excluding steroid dienone is 1. The predicted octanol–water partition coefficient (Wildman–Crippen LogP) is 4.98. The van der Waals surface area contributed by atoms with Gasteiger partial charge >= 0.3 is 6.18 Å². The predicted molar refractivity (Wildman–Crippen MR) is 96.6 cm³/mol. The molecule has 2 amide bonds. The van der Waals surface area contributed by atoms with Crippen LogP contribution in [0.1, 0.15) is 31.8 Å². The van der Waals surface area contributed by atoms with Gasteiger partial charge in [-0.05, 0) is 64.9 Å². The minimum atomic E-state index is -4.54. The van der Waals surface area contributed by atoms with Crippen molar-refractivity contribution in [2.24, 2.45) is 0 Å². The Morgan fingerprint density at radius 2 is 1.80 bits per heavy atom. The van der Waals surface area contributed by atoms with E-state index in [0.29, 0.717) is 20.3 Å². The zero-order chi connectivity index (χ0) is 18.5. The summed E-state index contributed by atoms with van der Waals surface area (Å²) in [6.45, 7) is 4.62. The summed E-state index contributed by atoms with van der Waals surface area (Å²) < 4.78 is 39.0. The number of hydrogen-bond acceptors (Lipinski definition) is 2. The standard InChI is InChI=1S/C18H11F3INO2/c1-9-8-11(10(2)18(19,20)21)6-7-14(9)23-16(24)12-4-3-5-13(22)15(12)17(23)25/h3-8H,2H2,1H3. The lowest BCUT2D eigenvalue weighted by Gasteiger charge is -2.18. The van der Waals surface area contributed by atoms with Crippen LogP contribution < -0.4 is 4.90 Å². The maximum atomic E-state index is 12.8. The molecule has 0 bridgehead atoms. The number of carbonyl (C=O) groups is 2. The Morgan fingerprint density at radius 1 is 1.12 bits per heavy atom. The molecule has 128 valence electrons. The molecule has 2 aromatic rings. The third-order valence-electron chi connectivity index (χ3n) is 3.99. The number of hydrogen-bond donors (Lipinski definition) is 0. The highest BCUT2D eigenvalue weighted by atomic mass is 127. The normalized spacial score (nSPS) is 14.0. The molecule has 1 aliphatic heterocycles. The van der Waals surface area contributed by atoms with Crippen LogP contribution in [0, 0.1) is 10.5 Å². The van der Waals surface area contributed by atoms with Crippen molar-refractivity contribution in [3.05, 3.63) is 68.8 Å². The van der Waals surface area contributed by atoms with Gasteiger partial charge in [0.2, 0.25) is 0 Å². The smallest absolute Gasteiger partial charge is 0.268 e. The first kappa shape index (κ1) is 17.7. The van der Waals surface area contributed by atoms with Gasteiger partial charge in [0.05, 0.1) is 22.4 Å². The van der Waals surface area contributed by atoms with Crippen LogP contribution in [0.15, 0.2) is 43.0 Å². The molecule has 7 heteroatoms. The van der Waals surface area contributed by atoms with E-state index in [0.717, 1.165) is 4.90 Å². The van der Waals surface area contributed by atoms with Gasteiger partial charge in [-0.25, -0.2) is 4.90 Å². The molecule has 25 heavy (non-hydrogen) atoms. The first-order valence-electron chi connectivity index (χ1n) is 7.17. The van der Waals surface area contributed by atoms with Crippen LogP contribution in [0.25, 0.3) is 5.57 Å². The van der Waals surface area contributed by atoms with Gasteiger partial charge in [0.15, 0.2) is 0 Å². The summed E-state index contributed by atoms with van der Waals surface area (Å²) in [5.74, 6) is -0.959. The number of nitrogens with zero attached hydrogens (tertiary/aromatic N) is 1. The van der Waals surface area contributed by atoms with Crippen LogP contribution >= 0.6 is 22.6 Å². The van der Waals surface area contributed by atoms with E-state index in [1.807, 2.05) is 22.6 Å². The van der Waals surface area contributed by atoms with Crippen molar-refractivity contribution in [1.29, 1.82) is 0 Å². The van der Waals surface area contributed by atoms with Gasteiger partial charge < -0.3 is 0 Å². The summed E-state index contributed by atoms with van der Waals surface area (Å²) in [6, 6.07) is 8.80. The second-order valence-electron chi connectivity index (χ2n) is 5.59. The summed E-state index contributed by atoms with van der Waals surface area (Å²) in [5.41, 5.74) is 0.184. The molecule has 0 saturated heterocycles. The maximum absolute atomic E-state index is 12.8. The zero-order valence-electron chi connectivity index (χ0n) is 12.9. The van der Waals surface area contributed by atoms with Crippen LogP contribution in [0.3, 0.4) is 0 Å². The van der Waals surface area contributed by atoms with E-state index < -0.39 is 23.6 Å². The summed E-state index contributed by atoms with van der Waals surface area (Å²) in [5, 5.41) is 0. The lowest BCUT2D eigenvalue weighted by Crippen LogP contribution is -2.30. The number of anilines is 1. The SMILES string of the molecule is C=C(c1ccc(N2C(=O)c3cccc(I)c3C2=O)c(C)c1)C(F)(F)F. The Kier molecular flexibility index (Phi) is 4.22. The monoisotopic (exact) mass is 457 g/mol. The average Bonchev–Trinajstić information content (AvgIpc) is 2.78. The van der Waals surface area contributed by atoms with Gasteiger partial charge in [-0.15, -0.1) is 0 Å². The number of carbonyl (C=O) groups excluding carboxylic acids is 2. The molecule has 2 aromatic carbocycles. The molecule has 0 aliphatic carbocycles. The van der Waals surface area contributed by atoms with Crippen LogP contribution in [0.5, 0.6) is 0 Å². The highest BCUT2D eigenvalue weighted by Crippen LogP contribution is 2.36. The molecule has 0 spiro atoms. The molecular formula is C18H11F3INO2. The minimum Gasteiger partial charge on any atom is -0.268 e. The van der Waals surface area contributed by atoms with Crippen molar-refractivity contribution >= 4 is 45.7 Å². The molecule has 0 unspecified atom stereocenters. The van der Waals surface area contributed by atoms with Crippen molar-refractivity contribution in [2.75, 3.05) is 4.90 Å². The topological polar surface area (TPSA) is 37.4 Å². The molecule has 3 rings (SSSR count). The molecule has 0 N–H and O–H groups in total. The van der Waals surface area contributed by atoms with E-state index in [2.05, 4.69) is 6.58 Å². The van der Waals surface area contributed by atoms with Crippen molar-refractivity contribution in [3.8, 4) is 0 Å². The number of amides is 2. The molecule has 3 nitrogen and oxygen atoms in total. The fraction of sp³-hybridized carbons (Fsp3) is 0.111. The Hall–Kier alpha value is -2.16. The van der Waals surface area contributed by atoms with Crippen LogP contribution in [-0.4, -0.2) is 18.0 Å². The first-order valence-corrected chi connectivity index (χ1v) is 8.25. The van der Waals surface area contributed by atoms with E-state index in [9.17, 15) is 22.8 Å². The number of fused-ring (bicyclic) bond motifs is 1. The molecule has 1 aliphatic rings. The Morgan fingerprint density at radius 3 is 2.36 bits per heavy atom. The molecule has 0 saturated carbocycles. The van der Waals surface area contributed by atoms with E-state index in [1.165, 1.54) is 18.2 Å². The summed E-state index contributed by atoms with van der Waals surface area (Å²) >= 11 is 1.98. The van der Waals surface area contributed by atoms with Crippen molar-refractivity contribution in [2.45, 2.75) is 13.1 Å². The fourth-order valence-electron chi connectivity index (χ4n) is 2.72. The molecular weight excluding hydrogens is 446 g/mol. The number of rotatable bonds is 2. The van der Waals surface area contributed by atoms with Crippen LogP contribution in [0.2, 0.25) is 0 Å². The van der Waals surface area contributed by atoms with Crippen molar-refractivity contribution < 1.29 is 22.8 Å². The summed E-state index contributed by atoms with van der Waals surface area (Å²) in [6.07, 6.45) is -4.54. The second kappa shape index (κ2) is 5.98. The Balaban J connectivity index is 2.05. The number of imide groups is 1. The van der Waals surface area contributed by atoms with Gasteiger partial charge in [0, 0.05) is 3.57 Å². The van der Waals surface area contributed by atoms with E-state index >= 15 is 0 Å². The van der Waals surface area contributed by atoms with Gasteiger partial charge in [-0.3, -0.25) is 9.59 Å². The van der Waals surface area contributed by atoms with Crippen molar-refractivity contribution in [3.63, 3.8) is 0 Å². The fourth-order valence-corrected chi connectivity index (χ4v) is 3.45. The zero-order valence-corrected chi connectivity index (χ0v) is 15.1. The van der Waals surface area contributed by atoms with Gasteiger partial charge in [0.1, 0.15) is 0 Å². The van der Waals surface area contributed by atoms with Gasteiger partial charge in [-0.2, -0.15) is 13.2 Å². The summed E-state index contributed by atoms with van der Waals surface area (Å²) in [7, 11) is 0. The Labute approximate surface area is 155 Å². The molecule has 1 heterocycles. The Bertz CT molecular complexity index is 934. The molecule has 0 atom stereocenters. The highest BCUT2D eigenvalue weighted by molar-refractivity contribution is 14.1. The van der Waals surface area contributed by atoms with Crippen LogP contribution in [0.4, 0.5) is 18.9 Å². The average molecular weight is 457 g/mol. The number of alkyl halides is 3. The van der Waals surface area contributed by atoms with E-state index in [4.69, 9.17) is 0 Å². The van der Waals surface area contributed by atoms with Gasteiger partial charge in [0.25, 0.3) is 11.8 Å². The molecule has 0 aromatic heterocycles. The van der Waals surface area contributed by atoms with E-state index in [-0.39, 0.29) is 11.3 Å². The number of aryl methyl sites for hydroxylation is 1. The minimum absolute atomic E-state index is 0.0973. The molecule has 0 radical (unpaired) electrons. The number of benzene rings is 2. The third-order valence-corrected chi connectivity index (χ3v) is 4.89. The third kappa shape index (κ3) is 2.86. The van der Waals surface area contributed by atoms with Crippen LogP contribution in [-0.2, 0) is 0 Å². The summed E-state index contributed by atoms with van der Waals surface area (Å²) in [4.78, 5) is 26.3. The first-order chi connectivity index (χ1) is 11.6. The number of halogens is 4. The van der Waals surface area contributed by atoms with E-state index in [1.54, 1.807) is 25.1 Å². The maximum Gasteiger partial charge on any atom is 0.416 e. The highest BCUT2D eigenvalue weighted by Gasteiger charge is 2.39. The van der Waals surface area contributed by atoms with Crippen molar-refractivity contribution in [1.82, 2.24) is 0 Å². The largest absolute Gasteiger partial charge is 0.416 e. The lowest BCUT2D eigenvalue weighted by atomic mass is 10.0. The quantitative estimate of drug-likeness (QED) is 0.472. The van der Waals surface area contributed by atoms with Gasteiger partial charge in [-0.1, -0.05) is 18.7 Å². The molecule has 0 fully saturated rings.